The number of benzene rings is 1. The van der Waals surface area contributed by atoms with Gasteiger partial charge in [0.1, 0.15) is 35.2 Å². The third-order valence-electron chi connectivity index (χ3n) is 6.84. The number of nitrogens with two attached hydrogens (primary N) is 1. The molecule has 11 heteroatoms. The van der Waals surface area contributed by atoms with Crippen LogP contribution < -0.4 is 15.8 Å². The standard InChI is InChI=1S/C24H32FN5O4S/c1-3-24(23(26)32)13-17-21(27-14-28-22(17)35-24)29-18-5-4-15(25)12-19(18)34-16-6-9-30(10-7-16)20(31)8-11-33-2/h4-5,12,14,16-17,22H,3,6-11,13H2,1-2H3,(H2,26,32)(H,27,28,29). The van der Waals surface area contributed by atoms with Crippen molar-refractivity contribution in [2.24, 2.45) is 21.6 Å². The highest BCUT2D eigenvalue weighted by Gasteiger charge is 2.51. The third kappa shape index (κ3) is 5.61. The number of hydrogen-bond acceptors (Lipinski definition) is 8. The smallest absolute Gasteiger partial charge is 0.233 e. The van der Waals surface area contributed by atoms with Gasteiger partial charge < -0.3 is 25.4 Å². The van der Waals surface area contributed by atoms with Gasteiger partial charge in [0, 0.05) is 39.1 Å². The Morgan fingerprint density at radius 1 is 1.34 bits per heavy atom. The maximum atomic E-state index is 14.1. The van der Waals surface area contributed by atoms with Crippen LogP contribution in [0.1, 0.15) is 39.0 Å². The highest BCUT2D eigenvalue weighted by molar-refractivity contribution is 8.02. The number of hydrogen-bond donors (Lipinski definition) is 2. The fourth-order valence-electron chi connectivity index (χ4n) is 4.71. The summed E-state index contributed by atoms with van der Waals surface area (Å²) in [5, 5.41) is 3.15. The van der Waals surface area contributed by atoms with Crippen LogP contribution in [0.4, 0.5) is 10.1 Å². The molecule has 1 aromatic carbocycles. The number of likely N-dealkylation sites (tertiary alicyclic amines) is 1. The van der Waals surface area contributed by atoms with Gasteiger partial charge in [0.25, 0.3) is 0 Å². The summed E-state index contributed by atoms with van der Waals surface area (Å²) in [7, 11) is 1.58. The van der Waals surface area contributed by atoms with E-state index in [0.29, 0.717) is 69.1 Å². The van der Waals surface area contributed by atoms with Crippen LogP contribution in [0.15, 0.2) is 28.2 Å². The van der Waals surface area contributed by atoms with Crippen LogP contribution in [0.3, 0.4) is 0 Å². The molecule has 3 aliphatic rings. The van der Waals surface area contributed by atoms with Crippen molar-refractivity contribution in [3.05, 3.63) is 24.0 Å². The minimum Gasteiger partial charge on any atom is -0.488 e. The molecular weight excluding hydrogens is 473 g/mol. The molecule has 0 saturated carbocycles. The first-order valence-electron chi connectivity index (χ1n) is 11.9. The van der Waals surface area contributed by atoms with Crippen molar-refractivity contribution < 1.29 is 23.5 Å². The first-order valence-corrected chi connectivity index (χ1v) is 12.8. The van der Waals surface area contributed by atoms with Crippen molar-refractivity contribution >= 4 is 41.4 Å². The number of piperidine rings is 1. The number of methoxy groups -OCH3 is 1. The second-order valence-corrected chi connectivity index (χ2v) is 10.5. The molecule has 0 spiro atoms. The number of amides is 2. The van der Waals surface area contributed by atoms with Crippen molar-refractivity contribution in [3.63, 3.8) is 0 Å². The van der Waals surface area contributed by atoms with Crippen molar-refractivity contribution in [1.82, 2.24) is 4.90 Å². The van der Waals surface area contributed by atoms with Gasteiger partial charge in [-0.1, -0.05) is 6.92 Å². The summed E-state index contributed by atoms with van der Waals surface area (Å²) in [4.78, 5) is 35.1. The van der Waals surface area contributed by atoms with Crippen LogP contribution in [0.2, 0.25) is 0 Å². The van der Waals surface area contributed by atoms with E-state index in [4.69, 9.17) is 15.2 Å². The van der Waals surface area contributed by atoms with Gasteiger partial charge in [-0.3, -0.25) is 14.6 Å². The summed E-state index contributed by atoms with van der Waals surface area (Å²) < 4.78 is 24.6. The average molecular weight is 506 g/mol. The quantitative estimate of drug-likeness (QED) is 0.561. The van der Waals surface area contributed by atoms with Crippen molar-refractivity contribution in [2.75, 3.05) is 32.1 Å². The van der Waals surface area contributed by atoms with Gasteiger partial charge in [0.15, 0.2) is 0 Å². The lowest BCUT2D eigenvalue weighted by molar-refractivity contribution is -0.133. The molecule has 0 radical (unpaired) electrons. The number of anilines is 1. The first-order chi connectivity index (χ1) is 16.8. The zero-order valence-corrected chi connectivity index (χ0v) is 20.9. The Hall–Kier alpha value is -2.66. The van der Waals surface area contributed by atoms with E-state index in [9.17, 15) is 14.0 Å². The number of carbonyl (C=O) groups is 2. The first kappa shape index (κ1) is 25.4. The van der Waals surface area contributed by atoms with Crippen LogP contribution in [0.25, 0.3) is 0 Å². The van der Waals surface area contributed by atoms with E-state index in [2.05, 4.69) is 15.3 Å². The number of halogens is 1. The Morgan fingerprint density at radius 2 is 2.11 bits per heavy atom. The topological polar surface area (TPSA) is 119 Å². The molecule has 4 rings (SSSR count). The summed E-state index contributed by atoms with van der Waals surface area (Å²) >= 11 is 1.48. The van der Waals surface area contributed by atoms with E-state index in [1.807, 2.05) is 11.8 Å². The van der Waals surface area contributed by atoms with E-state index in [0.717, 1.165) is 0 Å². The number of rotatable bonds is 8. The van der Waals surface area contributed by atoms with Crippen LogP contribution >= 0.6 is 11.8 Å². The fraction of sp³-hybridized carbons (Fsp3) is 0.583. The molecule has 3 heterocycles. The number of nitrogens with one attached hydrogen (secondary N) is 1. The molecule has 1 aromatic rings. The van der Waals surface area contributed by atoms with Gasteiger partial charge in [0.2, 0.25) is 11.8 Å². The number of fused-ring (bicyclic) bond motifs is 1. The Kier molecular flexibility index (Phi) is 7.95. The summed E-state index contributed by atoms with van der Waals surface area (Å²) in [5.74, 6) is 0.252. The Labute approximate surface area is 208 Å². The molecule has 3 N–H and O–H groups in total. The number of thioether (sulfide) groups is 1. The second-order valence-electron chi connectivity index (χ2n) is 9.02. The van der Waals surface area contributed by atoms with Crippen LogP contribution in [0.5, 0.6) is 5.75 Å². The molecule has 190 valence electrons. The van der Waals surface area contributed by atoms with E-state index >= 15 is 0 Å². The van der Waals surface area contributed by atoms with Crippen LogP contribution in [-0.4, -0.2) is 71.9 Å². The number of primary amides is 1. The number of amidine groups is 1. The van der Waals surface area contributed by atoms with Gasteiger partial charge in [-0.05, 0) is 25.0 Å². The number of nitrogens with zero attached hydrogens (tertiary/aromatic N) is 3. The minimum absolute atomic E-state index is 0.0680. The lowest BCUT2D eigenvalue weighted by atomic mass is 9.90. The molecule has 9 nitrogen and oxygen atoms in total. The van der Waals surface area contributed by atoms with Gasteiger partial charge in [-0.25, -0.2) is 9.38 Å². The molecular formula is C24H32FN5O4S. The predicted octanol–water partition coefficient (Wildman–Crippen LogP) is 2.80. The summed E-state index contributed by atoms with van der Waals surface area (Å²) in [6, 6.07) is 4.35. The Balaban J connectivity index is 1.43. The molecule has 2 amide bonds. The van der Waals surface area contributed by atoms with Gasteiger partial charge >= 0.3 is 0 Å². The summed E-state index contributed by atoms with van der Waals surface area (Å²) in [6.07, 6.45) is 4.16. The molecule has 3 unspecified atom stereocenters. The third-order valence-corrected chi connectivity index (χ3v) is 8.64. The molecule has 0 aliphatic carbocycles. The fourth-order valence-corrected chi connectivity index (χ4v) is 6.24. The monoisotopic (exact) mass is 505 g/mol. The Morgan fingerprint density at radius 3 is 2.80 bits per heavy atom. The second kappa shape index (κ2) is 10.9. The highest BCUT2D eigenvalue weighted by atomic mass is 32.2. The SMILES string of the molecule is CCC1(C(N)=O)CC2C(Nc3ccc(F)cc3OC3CCN(C(=O)CCOC)CC3)=NC=NC2S1. The normalized spacial score (nSPS) is 26.3. The summed E-state index contributed by atoms with van der Waals surface area (Å²) in [5.41, 5.74) is 6.32. The molecule has 2 saturated heterocycles. The van der Waals surface area contributed by atoms with E-state index in [-0.39, 0.29) is 29.2 Å². The van der Waals surface area contributed by atoms with Gasteiger partial charge in [0.05, 0.1) is 29.4 Å². The molecule has 3 atom stereocenters. The zero-order valence-electron chi connectivity index (χ0n) is 20.0. The average Bonchev–Trinajstić information content (AvgIpc) is 3.26. The van der Waals surface area contributed by atoms with Crippen molar-refractivity contribution in [2.45, 2.75) is 55.3 Å². The molecule has 35 heavy (non-hydrogen) atoms. The highest BCUT2D eigenvalue weighted by Crippen LogP contribution is 2.50. The Bertz CT molecular complexity index is 1010. The van der Waals surface area contributed by atoms with Crippen molar-refractivity contribution in [3.8, 4) is 5.75 Å². The van der Waals surface area contributed by atoms with E-state index < -0.39 is 10.6 Å². The zero-order chi connectivity index (χ0) is 25.0. The van der Waals surface area contributed by atoms with E-state index in [1.54, 1.807) is 13.2 Å². The van der Waals surface area contributed by atoms with Crippen molar-refractivity contribution in [1.29, 1.82) is 0 Å². The van der Waals surface area contributed by atoms with Crippen LogP contribution in [0, 0.1) is 11.7 Å². The lowest BCUT2D eigenvalue weighted by Crippen LogP contribution is -2.42. The molecule has 3 aliphatic heterocycles. The van der Waals surface area contributed by atoms with Gasteiger partial charge in [-0.15, -0.1) is 11.8 Å². The van der Waals surface area contributed by atoms with Gasteiger partial charge in [-0.2, -0.15) is 0 Å². The molecule has 0 bridgehead atoms. The van der Waals surface area contributed by atoms with Crippen LogP contribution in [-0.2, 0) is 14.3 Å². The lowest BCUT2D eigenvalue weighted by Gasteiger charge is -2.33. The number of aliphatic imine (C=N–C) groups is 2. The number of ether oxygens (including phenoxy) is 2. The molecule has 0 aromatic heterocycles. The predicted molar refractivity (Wildman–Crippen MR) is 134 cm³/mol. The minimum atomic E-state index is -0.684. The number of carbonyl (C=O) groups excluding carboxylic acids is 2. The maximum Gasteiger partial charge on any atom is 0.233 e. The van der Waals surface area contributed by atoms with E-state index in [1.165, 1.54) is 30.2 Å². The largest absolute Gasteiger partial charge is 0.488 e. The summed E-state index contributed by atoms with van der Waals surface area (Å²) in [6.45, 7) is 3.52. The molecule has 2 fully saturated rings. The maximum absolute atomic E-state index is 14.1.